The maximum absolute atomic E-state index is 12.3. The molecule has 8 nitrogen and oxygen atoms in total. The third-order valence-corrected chi connectivity index (χ3v) is 3.05. The Labute approximate surface area is 131 Å². The van der Waals surface area contributed by atoms with Gasteiger partial charge in [-0.3, -0.25) is 15.6 Å². The third-order valence-electron chi connectivity index (χ3n) is 3.05. The molecule has 0 aliphatic rings. The molecular weight excluding hydrogens is 296 g/mol. The fourth-order valence-electron chi connectivity index (χ4n) is 1.96. The molecule has 3 N–H and O–H groups in total. The second kappa shape index (κ2) is 6.56. The molecule has 0 saturated heterocycles. The monoisotopic (exact) mass is 310 g/mol. The quantitative estimate of drug-likeness (QED) is 0.619. The van der Waals surface area contributed by atoms with Crippen LogP contribution < -0.4 is 15.6 Å². The number of hydrazine groups is 1. The number of nitrogens with zero attached hydrogens (tertiary/aromatic N) is 3. The molecule has 3 rings (SSSR count). The molecule has 3 aromatic rings. The maximum atomic E-state index is 12.3. The predicted octanol–water partition coefficient (Wildman–Crippen LogP) is 1.63. The molecule has 1 aromatic carbocycles. The molecule has 0 aliphatic carbocycles. The molecule has 0 aliphatic heterocycles. The van der Waals surface area contributed by atoms with Crippen LogP contribution in [0.5, 0.6) is 5.88 Å². The second-order valence-corrected chi connectivity index (χ2v) is 4.53. The summed E-state index contributed by atoms with van der Waals surface area (Å²) < 4.78 is 5.02. The minimum Gasteiger partial charge on any atom is -0.481 e. The van der Waals surface area contributed by atoms with Gasteiger partial charge in [-0.2, -0.15) is 20.4 Å². The molecule has 0 atom stereocenters. The molecule has 8 heteroatoms. The summed E-state index contributed by atoms with van der Waals surface area (Å²) >= 11 is 0. The zero-order valence-corrected chi connectivity index (χ0v) is 12.3. The van der Waals surface area contributed by atoms with Crippen LogP contribution in [0.4, 0.5) is 5.82 Å². The highest BCUT2D eigenvalue weighted by atomic mass is 16.5. The lowest BCUT2D eigenvalue weighted by Crippen LogP contribution is -2.30. The number of rotatable bonds is 5. The largest absolute Gasteiger partial charge is 0.481 e. The summed E-state index contributed by atoms with van der Waals surface area (Å²) in [6, 6.07) is 14.5. The number of pyridine rings is 1. The number of benzene rings is 1. The van der Waals surface area contributed by atoms with E-state index in [1.807, 2.05) is 30.3 Å². The van der Waals surface area contributed by atoms with Crippen molar-refractivity contribution in [3.05, 3.63) is 54.2 Å². The van der Waals surface area contributed by atoms with Crippen molar-refractivity contribution in [2.45, 2.75) is 0 Å². The van der Waals surface area contributed by atoms with Gasteiger partial charge in [-0.1, -0.05) is 36.4 Å². The Balaban J connectivity index is 1.73. The first kappa shape index (κ1) is 14.5. The van der Waals surface area contributed by atoms with Crippen LogP contribution in [0, 0.1) is 0 Å². The number of ether oxygens (including phenoxy) is 1. The zero-order valence-electron chi connectivity index (χ0n) is 12.3. The Morgan fingerprint density at radius 3 is 2.70 bits per heavy atom. The van der Waals surface area contributed by atoms with E-state index in [4.69, 9.17) is 4.74 Å². The van der Waals surface area contributed by atoms with Crippen molar-refractivity contribution in [3.63, 3.8) is 0 Å². The number of hydrogen-bond donors (Lipinski definition) is 3. The maximum Gasteiger partial charge on any atom is 0.292 e. The number of carbonyl (C=O) groups is 1. The van der Waals surface area contributed by atoms with Crippen molar-refractivity contribution >= 4 is 11.7 Å². The lowest BCUT2D eigenvalue weighted by atomic mass is 10.1. The van der Waals surface area contributed by atoms with Crippen molar-refractivity contribution in [1.29, 1.82) is 0 Å². The predicted molar refractivity (Wildman–Crippen MR) is 83.7 cm³/mol. The van der Waals surface area contributed by atoms with Gasteiger partial charge in [0.2, 0.25) is 5.88 Å². The molecule has 0 bridgehead atoms. The lowest BCUT2D eigenvalue weighted by Gasteiger charge is -2.08. The summed E-state index contributed by atoms with van der Waals surface area (Å²) in [6.07, 6.45) is 0. The van der Waals surface area contributed by atoms with Gasteiger partial charge in [-0.05, 0) is 6.07 Å². The fraction of sp³-hybridized carbons (Fsp3) is 0.0667. The van der Waals surface area contributed by atoms with Crippen molar-refractivity contribution in [2.75, 3.05) is 12.5 Å². The van der Waals surface area contributed by atoms with Gasteiger partial charge in [0.05, 0.1) is 7.11 Å². The average molecular weight is 310 g/mol. The van der Waals surface area contributed by atoms with Gasteiger partial charge in [0.1, 0.15) is 11.5 Å². The standard InChI is InChI=1S/C15H14N6O2/c1-23-12-9-5-8-11(16-12)17-20-15(22)14-13(18-21-19-14)10-6-3-2-4-7-10/h2-9H,1H3,(H,16,17)(H,20,22)(H,18,19,21). The molecule has 0 radical (unpaired) electrons. The van der Waals surface area contributed by atoms with Crippen LogP contribution in [0.15, 0.2) is 48.5 Å². The Hall–Kier alpha value is -3.42. The van der Waals surface area contributed by atoms with Crippen molar-refractivity contribution in [3.8, 4) is 17.1 Å². The van der Waals surface area contributed by atoms with Crippen LogP contribution in [-0.2, 0) is 0 Å². The van der Waals surface area contributed by atoms with Crippen LogP contribution in [0.2, 0.25) is 0 Å². The lowest BCUT2D eigenvalue weighted by molar-refractivity contribution is 0.0958. The molecule has 0 spiro atoms. The van der Waals surface area contributed by atoms with E-state index in [0.29, 0.717) is 17.4 Å². The molecule has 2 aromatic heterocycles. The van der Waals surface area contributed by atoms with Crippen LogP contribution in [0.1, 0.15) is 10.5 Å². The summed E-state index contributed by atoms with van der Waals surface area (Å²) in [4.78, 5) is 16.4. The van der Waals surface area contributed by atoms with Gasteiger partial charge in [0, 0.05) is 11.6 Å². The molecular formula is C15H14N6O2. The highest BCUT2D eigenvalue weighted by Gasteiger charge is 2.17. The van der Waals surface area contributed by atoms with Gasteiger partial charge in [0.25, 0.3) is 5.91 Å². The molecule has 0 saturated carbocycles. The summed E-state index contributed by atoms with van der Waals surface area (Å²) in [7, 11) is 1.52. The number of anilines is 1. The van der Waals surface area contributed by atoms with E-state index in [0.717, 1.165) is 5.56 Å². The molecule has 2 heterocycles. The van der Waals surface area contributed by atoms with Crippen LogP contribution in [-0.4, -0.2) is 33.4 Å². The first-order chi connectivity index (χ1) is 11.3. The fourth-order valence-corrected chi connectivity index (χ4v) is 1.96. The number of aromatic nitrogens is 4. The highest BCUT2D eigenvalue weighted by Crippen LogP contribution is 2.18. The molecule has 23 heavy (non-hydrogen) atoms. The number of methoxy groups -OCH3 is 1. The Morgan fingerprint density at radius 1 is 1.09 bits per heavy atom. The normalized spacial score (nSPS) is 10.1. The van der Waals surface area contributed by atoms with Gasteiger partial charge in [-0.15, -0.1) is 0 Å². The molecule has 1 amide bonds. The number of nitrogens with one attached hydrogen (secondary N) is 3. The number of amides is 1. The first-order valence-electron chi connectivity index (χ1n) is 6.81. The van der Waals surface area contributed by atoms with Crippen LogP contribution >= 0.6 is 0 Å². The van der Waals surface area contributed by atoms with Crippen molar-refractivity contribution in [2.24, 2.45) is 0 Å². The summed E-state index contributed by atoms with van der Waals surface area (Å²) in [5, 5.41) is 10.4. The Kier molecular flexibility index (Phi) is 4.14. The van der Waals surface area contributed by atoms with E-state index < -0.39 is 5.91 Å². The van der Waals surface area contributed by atoms with E-state index in [1.165, 1.54) is 7.11 Å². The highest BCUT2D eigenvalue weighted by molar-refractivity contribution is 5.98. The van der Waals surface area contributed by atoms with E-state index in [9.17, 15) is 4.79 Å². The third kappa shape index (κ3) is 3.26. The SMILES string of the molecule is COc1cccc(NNC(=O)c2n[nH]nc2-c2ccccc2)n1. The van der Waals surface area contributed by atoms with Crippen LogP contribution in [0.25, 0.3) is 11.3 Å². The minimum absolute atomic E-state index is 0.187. The Bertz CT molecular complexity index is 802. The van der Waals surface area contributed by atoms with E-state index in [1.54, 1.807) is 18.2 Å². The van der Waals surface area contributed by atoms with Crippen molar-refractivity contribution in [1.82, 2.24) is 25.8 Å². The summed E-state index contributed by atoms with van der Waals surface area (Å²) in [6.45, 7) is 0. The Morgan fingerprint density at radius 2 is 1.91 bits per heavy atom. The summed E-state index contributed by atoms with van der Waals surface area (Å²) in [5.74, 6) is 0.459. The number of H-pyrrole nitrogens is 1. The molecule has 0 unspecified atom stereocenters. The average Bonchev–Trinajstić information content (AvgIpc) is 3.10. The van der Waals surface area contributed by atoms with E-state index >= 15 is 0 Å². The zero-order chi connectivity index (χ0) is 16.1. The number of hydrogen-bond acceptors (Lipinski definition) is 6. The van der Waals surface area contributed by atoms with Gasteiger partial charge in [-0.25, -0.2) is 0 Å². The topological polar surface area (TPSA) is 105 Å². The smallest absolute Gasteiger partial charge is 0.292 e. The molecule has 0 fully saturated rings. The number of carbonyl (C=O) groups excluding carboxylic acids is 1. The van der Waals surface area contributed by atoms with Gasteiger partial charge < -0.3 is 4.74 Å². The first-order valence-corrected chi connectivity index (χ1v) is 6.81. The van der Waals surface area contributed by atoms with Gasteiger partial charge in [0.15, 0.2) is 5.69 Å². The second-order valence-electron chi connectivity index (χ2n) is 4.53. The summed E-state index contributed by atoms with van der Waals surface area (Å²) in [5.41, 5.74) is 6.71. The number of aromatic amines is 1. The molecule has 116 valence electrons. The minimum atomic E-state index is -0.428. The van der Waals surface area contributed by atoms with Gasteiger partial charge >= 0.3 is 0 Å². The van der Waals surface area contributed by atoms with E-state index in [2.05, 4.69) is 31.2 Å². The van der Waals surface area contributed by atoms with Crippen molar-refractivity contribution < 1.29 is 9.53 Å². The van der Waals surface area contributed by atoms with E-state index in [-0.39, 0.29) is 5.69 Å². The van der Waals surface area contributed by atoms with Crippen LogP contribution in [0.3, 0.4) is 0 Å².